The van der Waals surface area contributed by atoms with E-state index in [1.807, 2.05) is 146 Å². The highest BCUT2D eigenvalue weighted by Crippen LogP contribution is 2.40. The molecule has 0 atom stereocenters. The average molecular weight is 858 g/mol. The molecule has 0 amide bonds. The summed E-state index contributed by atoms with van der Waals surface area (Å²) in [5.74, 6) is 0. The van der Waals surface area contributed by atoms with E-state index in [1.54, 1.807) is 0 Å². The number of nitrogens with zero attached hydrogens (tertiary/aromatic N) is 1. The van der Waals surface area contributed by atoms with Gasteiger partial charge < -0.3 is 4.90 Å². The summed E-state index contributed by atoms with van der Waals surface area (Å²) in [6.45, 7) is 0. The maximum absolute atomic E-state index is 13.8. The van der Waals surface area contributed by atoms with Crippen LogP contribution in [0.1, 0.15) is 0 Å². The third-order valence-electron chi connectivity index (χ3n) is 13.2. The van der Waals surface area contributed by atoms with Gasteiger partial charge in [-0.3, -0.25) is 14.4 Å². The number of hydrogen-bond donors (Lipinski definition) is 0. The molecule has 67 heavy (non-hydrogen) atoms. The molecule has 4 heteroatoms. The van der Waals surface area contributed by atoms with Gasteiger partial charge in [0.1, 0.15) is 0 Å². The number of benzene rings is 9. The summed E-state index contributed by atoms with van der Waals surface area (Å²) in [5, 5.41) is 9.50. The predicted molar refractivity (Wildman–Crippen MR) is 281 cm³/mol. The Morgan fingerprint density at radius 3 is 0.716 bits per heavy atom. The van der Waals surface area contributed by atoms with Crippen LogP contribution in [0.5, 0.6) is 0 Å². The number of hydrogen-bond acceptors (Lipinski definition) is 4. The quantitative estimate of drug-likeness (QED) is 0.167. The van der Waals surface area contributed by atoms with E-state index < -0.39 is 0 Å². The van der Waals surface area contributed by atoms with E-state index in [-0.39, 0.29) is 16.3 Å². The fourth-order valence-electron chi connectivity index (χ4n) is 9.91. The van der Waals surface area contributed by atoms with Gasteiger partial charge in [-0.15, -0.1) is 0 Å². The number of anilines is 3. The first-order valence-corrected chi connectivity index (χ1v) is 22.4. The first kappa shape index (κ1) is 39.6. The molecule has 0 aliphatic rings. The zero-order chi connectivity index (χ0) is 45.0. The van der Waals surface area contributed by atoms with Crippen LogP contribution in [-0.4, -0.2) is 0 Å². The molecule has 0 unspecified atom stereocenters. The second-order valence-corrected chi connectivity index (χ2v) is 17.0. The van der Waals surface area contributed by atoms with E-state index in [0.29, 0.717) is 32.3 Å². The van der Waals surface area contributed by atoms with Crippen LogP contribution in [0.4, 0.5) is 17.1 Å². The average Bonchev–Trinajstić information content (AvgIpc) is 3.67. The second kappa shape index (κ2) is 16.2. The molecule has 0 aliphatic heterocycles. The van der Waals surface area contributed by atoms with E-state index in [2.05, 4.69) is 95.9 Å². The number of fused-ring (bicyclic) bond motifs is 6. The molecule has 0 saturated heterocycles. The lowest BCUT2D eigenvalue weighted by Gasteiger charge is -2.26. The normalized spacial score (nSPS) is 11.5. The van der Waals surface area contributed by atoms with Gasteiger partial charge in [-0.2, -0.15) is 0 Å². The van der Waals surface area contributed by atoms with Gasteiger partial charge in [0.25, 0.3) is 0 Å². The summed E-state index contributed by atoms with van der Waals surface area (Å²) in [5.41, 5.74) is 8.82. The van der Waals surface area contributed by atoms with E-state index >= 15 is 0 Å². The van der Waals surface area contributed by atoms with Crippen molar-refractivity contribution in [3.8, 4) is 33.4 Å². The summed E-state index contributed by atoms with van der Waals surface area (Å²) in [7, 11) is 0. The van der Waals surface area contributed by atoms with Gasteiger partial charge in [0.05, 0.1) is 0 Å². The van der Waals surface area contributed by atoms with Crippen LogP contribution < -0.4 is 21.2 Å². The molecule has 0 aliphatic carbocycles. The molecule has 4 nitrogen and oxygen atoms in total. The van der Waals surface area contributed by atoms with Crippen LogP contribution in [0.2, 0.25) is 0 Å². The lowest BCUT2D eigenvalue weighted by atomic mass is 9.99. The highest BCUT2D eigenvalue weighted by Gasteiger charge is 2.17. The zero-order valence-corrected chi connectivity index (χ0v) is 36.2. The van der Waals surface area contributed by atoms with Crippen LogP contribution in [0.25, 0.3) is 98.0 Å². The van der Waals surface area contributed by atoms with Crippen LogP contribution in [0, 0.1) is 0 Å². The van der Waals surface area contributed by atoms with Crippen molar-refractivity contribution in [1.29, 1.82) is 0 Å². The van der Waals surface area contributed by atoms with E-state index in [9.17, 15) is 14.4 Å². The predicted octanol–water partition coefficient (Wildman–Crippen LogP) is 15.2. The molecule has 0 bridgehead atoms. The van der Waals surface area contributed by atoms with Gasteiger partial charge in [0.15, 0.2) is 16.3 Å². The van der Waals surface area contributed by atoms with Gasteiger partial charge in [0, 0.05) is 49.4 Å². The van der Waals surface area contributed by atoms with Crippen LogP contribution in [0.3, 0.4) is 0 Å². The molecule has 0 spiro atoms. The van der Waals surface area contributed by atoms with Crippen molar-refractivity contribution < 1.29 is 0 Å². The van der Waals surface area contributed by atoms with E-state index in [0.717, 1.165) is 82.8 Å². The van der Waals surface area contributed by atoms with E-state index in [1.165, 1.54) is 0 Å². The Balaban J connectivity index is 1.02. The van der Waals surface area contributed by atoms with Crippen molar-refractivity contribution in [2.75, 3.05) is 4.90 Å². The van der Waals surface area contributed by atoms with Gasteiger partial charge in [0.2, 0.25) is 0 Å². The Morgan fingerprint density at radius 2 is 0.448 bits per heavy atom. The second-order valence-electron chi connectivity index (χ2n) is 17.0. The minimum absolute atomic E-state index is 0.0185. The van der Waals surface area contributed by atoms with Crippen LogP contribution in [-0.2, 0) is 0 Å². The number of rotatable bonds is 6. The Morgan fingerprint density at radius 1 is 0.224 bits per heavy atom. The molecule has 0 saturated carbocycles. The van der Waals surface area contributed by atoms with Crippen molar-refractivity contribution in [2.24, 2.45) is 0 Å². The Hall–Kier alpha value is -8.99. The first-order valence-electron chi connectivity index (χ1n) is 22.4. The topological polar surface area (TPSA) is 54.5 Å². The van der Waals surface area contributed by atoms with Crippen LogP contribution >= 0.6 is 0 Å². The Labute approximate surface area is 385 Å². The summed E-state index contributed by atoms with van der Waals surface area (Å²) in [6, 6.07) is 79.0. The minimum Gasteiger partial charge on any atom is -0.311 e. The molecule has 0 heterocycles. The maximum atomic E-state index is 13.8. The lowest BCUT2D eigenvalue weighted by molar-refractivity contribution is 1.28. The summed E-state index contributed by atoms with van der Waals surface area (Å²) >= 11 is 0. The van der Waals surface area contributed by atoms with Crippen molar-refractivity contribution >= 4 is 81.7 Å². The molecule has 0 aromatic heterocycles. The smallest absolute Gasteiger partial charge is 0.194 e. The summed E-state index contributed by atoms with van der Waals surface area (Å²) < 4.78 is 0. The highest BCUT2D eigenvalue weighted by atomic mass is 16.1. The van der Waals surface area contributed by atoms with Crippen molar-refractivity contribution in [3.63, 3.8) is 0 Å². The van der Waals surface area contributed by atoms with Crippen molar-refractivity contribution in [3.05, 3.63) is 267 Å². The molecular formula is C63H39NO3. The molecule has 12 aromatic carbocycles. The maximum Gasteiger partial charge on any atom is 0.194 e. The van der Waals surface area contributed by atoms with Gasteiger partial charge >= 0.3 is 0 Å². The molecule has 12 aromatic rings. The van der Waals surface area contributed by atoms with Crippen LogP contribution in [0.15, 0.2) is 251 Å². The van der Waals surface area contributed by atoms with Gasteiger partial charge in [-0.25, -0.2) is 0 Å². The first-order chi connectivity index (χ1) is 33.0. The third kappa shape index (κ3) is 6.82. The standard InChI is InChI=1S/C63H39NO3/c65-61-49-16-4-1-13-43(49)37-58(52-19-7-10-22-55(52)61)40-25-31-46(32-26-40)64(47-33-27-41(28-34-47)59-38-44-14-2-5-17-50(44)62(66)56-23-11-8-20-53(56)59)48-35-29-42(30-36-48)60-39-45-15-3-6-18-51(45)63(67)57-24-12-9-21-54(57)60/h1-39H. The Kier molecular flexibility index (Phi) is 9.58. The molecule has 0 radical (unpaired) electrons. The zero-order valence-electron chi connectivity index (χ0n) is 36.2. The summed E-state index contributed by atoms with van der Waals surface area (Å²) in [4.78, 5) is 43.7. The van der Waals surface area contributed by atoms with Gasteiger partial charge in [-0.05, 0) is 120 Å². The lowest BCUT2D eigenvalue weighted by Crippen LogP contribution is -2.09. The molecule has 314 valence electrons. The van der Waals surface area contributed by atoms with E-state index in [4.69, 9.17) is 0 Å². The molecule has 0 N–H and O–H groups in total. The van der Waals surface area contributed by atoms with Gasteiger partial charge in [-0.1, -0.05) is 182 Å². The summed E-state index contributed by atoms with van der Waals surface area (Å²) in [6.07, 6.45) is 0. The fourth-order valence-corrected chi connectivity index (χ4v) is 9.91. The molecule has 12 rings (SSSR count). The highest BCUT2D eigenvalue weighted by molar-refractivity contribution is 6.06. The van der Waals surface area contributed by atoms with Crippen molar-refractivity contribution in [2.45, 2.75) is 0 Å². The fraction of sp³-hybridized carbons (Fsp3) is 0. The SMILES string of the molecule is O=c1c2ccccc2cc(-c2ccc(N(c3ccc(-c4cc5ccccc5c(=O)c5ccccc45)cc3)c3ccc(-c4cc5ccccc5c(=O)c5ccccc45)cc3)cc2)c2ccccc12. The largest absolute Gasteiger partial charge is 0.311 e. The monoisotopic (exact) mass is 857 g/mol. The molecule has 0 fully saturated rings. The third-order valence-corrected chi connectivity index (χ3v) is 13.2. The minimum atomic E-state index is 0.0185. The Bertz CT molecular complexity index is 3720. The van der Waals surface area contributed by atoms with Crippen molar-refractivity contribution in [1.82, 2.24) is 0 Å². The molecular weight excluding hydrogens is 819 g/mol.